The Morgan fingerprint density at radius 2 is 1.36 bits per heavy atom. The summed E-state index contributed by atoms with van der Waals surface area (Å²) in [6.45, 7) is 7.55. The van der Waals surface area contributed by atoms with Crippen molar-refractivity contribution in [2.75, 3.05) is 0 Å². The second-order valence-corrected chi connectivity index (χ2v) is 6.59. The van der Waals surface area contributed by atoms with Gasteiger partial charge >= 0.3 is 0 Å². The molecule has 0 aliphatic heterocycles. The fraction of sp³-hybridized carbons (Fsp3) is 0.111. The van der Waals surface area contributed by atoms with Crippen LogP contribution in [0.1, 0.15) is 11.6 Å². The maximum atomic E-state index is 12.6. The van der Waals surface area contributed by atoms with E-state index < -0.39 is 16.1 Å². The van der Waals surface area contributed by atoms with E-state index in [9.17, 15) is 8.42 Å². The van der Waals surface area contributed by atoms with E-state index >= 15 is 0 Å². The zero-order valence-electron chi connectivity index (χ0n) is 12.2. The molecule has 1 N–H and O–H groups in total. The van der Waals surface area contributed by atoms with Crippen molar-refractivity contribution in [2.45, 2.75) is 10.9 Å². The third-order valence-corrected chi connectivity index (χ3v) is 4.88. The molecular weight excluding hydrogens is 294 g/mol. The van der Waals surface area contributed by atoms with Gasteiger partial charge in [0.15, 0.2) is 0 Å². The molecule has 2 aromatic carbocycles. The minimum absolute atomic E-state index is 0.208. The lowest BCUT2D eigenvalue weighted by molar-refractivity contribution is 0.524. The minimum Gasteiger partial charge on any atom is -0.207 e. The van der Waals surface area contributed by atoms with Crippen LogP contribution in [0.3, 0.4) is 0 Å². The van der Waals surface area contributed by atoms with Crippen molar-refractivity contribution >= 4 is 10.0 Å². The summed E-state index contributed by atoms with van der Waals surface area (Å²) in [6.07, 6.45) is 3.39. The van der Waals surface area contributed by atoms with Gasteiger partial charge in [0.25, 0.3) is 0 Å². The monoisotopic (exact) mass is 313 g/mol. The predicted molar refractivity (Wildman–Crippen MR) is 89.8 cm³/mol. The summed E-state index contributed by atoms with van der Waals surface area (Å²) in [7, 11) is -3.62. The van der Waals surface area contributed by atoms with Gasteiger partial charge < -0.3 is 0 Å². The van der Waals surface area contributed by atoms with Crippen molar-refractivity contribution < 1.29 is 8.42 Å². The molecule has 3 nitrogen and oxygen atoms in total. The van der Waals surface area contributed by atoms with Crippen molar-refractivity contribution in [1.82, 2.24) is 4.72 Å². The van der Waals surface area contributed by atoms with Crippen molar-refractivity contribution in [1.29, 1.82) is 0 Å². The third kappa shape index (κ3) is 3.72. The first-order valence-electron chi connectivity index (χ1n) is 6.96. The Morgan fingerprint density at radius 3 is 1.86 bits per heavy atom. The Hall–Kier alpha value is -2.17. The van der Waals surface area contributed by atoms with E-state index in [-0.39, 0.29) is 10.8 Å². The Bertz CT molecular complexity index is 716. The number of hydrogen-bond acceptors (Lipinski definition) is 2. The molecule has 2 rings (SSSR count). The average Bonchev–Trinajstić information content (AvgIpc) is 2.56. The largest absolute Gasteiger partial charge is 0.241 e. The van der Waals surface area contributed by atoms with Gasteiger partial charge in [-0.15, -0.1) is 13.2 Å². The van der Waals surface area contributed by atoms with E-state index in [0.717, 1.165) is 5.56 Å². The Labute approximate surface area is 132 Å². The van der Waals surface area contributed by atoms with E-state index in [4.69, 9.17) is 0 Å². The van der Waals surface area contributed by atoms with Gasteiger partial charge in [-0.1, -0.05) is 60.7 Å². The van der Waals surface area contributed by atoms with Crippen LogP contribution < -0.4 is 4.72 Å². The van der Waals surface area contributed by atoms with Gasteiger partial charge in [0.1, 0.15) is 0 Å². The van der Waals surface area contributed by atoms with Gasteiger partial charge in [0, 0.05) is 5.92 Å². The summed E-state index contributed by atoms with van der Waals surface area (Å²) in [5, 5.41) is 0. The maximum Gasteiger partial charge on any atom is 0.241 e. The number of sulfonamides is 1. The van der Waals surface area contributed by atoms with Crippen LogP contribution in [0.25, 0.3) is 0 Å². The zero-order valence-corrected chi connectivity index (χ0v) is 13.0. The molecule has 0 bridgehead atoms. The first-order valence-corrected chi connectivity index (χ1v) is 8.44. The standard InChI is InChI=1S/C18H19NO2S/c1-3-15(4-2)18(16-11-7-5-8-12-16)19-22(20,21)17-13-9-6-10-14-17/h3-15,18-19H,1-2H2. The Kier molecular flexibility index (Phi) is 5.31. The Morgan fingerprint density at radius 1 is 0.864 bits per heavy atom. The van der Waals surface area contributed by atoms with Gasteiger partial charge in [-0.05, 0) is 17.7 Å². The summed E-state index contributed by atoms with van der Waals surface area (Å²) in [5.41, 5.74) is 0.867. The lowest BCUT2D eigenvalue weighted by atomic mass is 9.94. The fourth-order valence-electron chi connectivity index (χ4n) is 2.23. The molecule has 0 spiro atoms. The summed E-state index contributed by atoms with van der Waals surface area (Å²) in [5.74, 6) is -0.208. The summed E-state index contributed by atoms with van der Waals surface area (Å²) >= 11 is 0. The first-order chi connectivity index (χ1) is 10.6. The summed E-state index contributed by atoms with van der Waals surface area (Å²) in [4.78, 5) is 0.239. The van der Waals surface area contributed by atoms with Crippen LogP contribution in [0.4, 0.5) is 0 Å². The number of hydrogen-bond donors (Lipinski definition) is 1. The smallest absolute Gasteiger partial charge is 0.207 e. The van der Waals surface area contributed by atoms with Crippen molar-refractivity contribution in [3.63, 3.8) is 0 Å². The molecule has 4 heteroatoms. The fourth-order valence-corrected chi connectivity index (χ4v) is 3.51. The van der Waals surface area contributed by atoms with Crippen molar-refractivity contribution in [3.8, 4) is 0 Å². The van der Waals surface area contributed by atoms with E-state index in [2.05, 4.69) is 17.9 Å². The normalized spacial score (nSPS) is 12.8. The topological polar surface area (TPSA) is 46.2 Å². The Balaban J connectivity index is 2.39. The van der Waals surface area contributed by atoms with Gasteiger partial charge in [0.05, 0.1) is 10.9 Å². The van der Waals surface area contributed by atoms with Gasteiger partial charge in [0.2, 0.25) is 10.0 Å². The molecule has 0 saturated carbocycles. The van der Waals surface area contributed by atoms with Crippen molar-refractivity contribution in [2.24, 2.45) is 5.92 Å². The second-order valence-electron chi connectivity index (χ2n) is 4.87. The average molecular weight is 313 g/mol. The highest BCUT2D eigenvalue weighted by molar-refractivity contribution is 7.89. The van der Waals surface area contributed by atoms with Gasteiger partial charge in [-0.25, -0.2) is 13.1 Å². The van der Waals surface area contributed by atoms with Crippen LogP contribution in [-0.4, -0.2) is 8.42 Å². The van der Waals surface area contributed by atoms with E-state index in [0.29, 0.717) is 0 Å². The molecule has 1 atom stereocenters. The molecule has 0 aliphatic carbocycles. The second kappa shape index (κ2) is 7.20. The molecule has 0 amide bonds. The molecule has 0 aromatic heterocycles. The van der Waals surface area contributed by atoms with Gasteiger partial charge in [-0.3, -0.25) is 0 Å². The molecule has 22 heavy (non-hydrogen) atoms. The lowest BCUT2D eigenvalue weighted by Crippen LogP contribution is -2.32. The number of benzene rings is 2. The highest BCUT2D eigenvalue weighted by atomic mass is 32.2. The summed E-state index contributed by atoms with van der Waals surface area (Å²) < 4.78 is 27.9. The number of nitrogens with one attached hydrogen (secondary N) is 1. The van der Waals surface area contributed by atoms with Crippen LogP contribution in [0.2, 0.25) is 0 Å². The molecule has 0 aliphatic rings. The van der Waals surface area contributed by atoms with E-state index in [1.807, 2.05) is 30.3 Å². The molecule has 0 fully saturated rings. The van der Waals surface area contributed by atoms with Crippen molar-refractivity contribution in [3.05, 3.63) is 91.5 Å². The third-order valence-electron chi connectivity index (χ3n) is 3.42. The lowest BCUT2D eigenvalue weighted by Gasteiger charge is -2.24. The van der Waals surface area contributed by atoms with Gasteiger partial charge in [-0.2, -0.15) is 0 Å². The molecule has 0 radical (unpaired) electrons. The van der Waals surface area contributed by atoms with Crippen LogP contribution in [0, 0.1) is 5.92 Å². The molecule has 1 unspecified atom stereocenters. The predicted octanol–water partition coefficient (Wildman–Crippen LogP) is 3.69. The minimum atomic E-state index is -3.62. The molecule has 114 valence electrons. The van der Waals surface area contributed by atoms with E-state index in [1.165, 1.54) is 0 Å². The highest BCUT2D eigenvalue weighted by Crippen LogP contribution is 2.26. The number of rotatable bonds is 7. The molecule has 0 heterocycles. The molecule has 2 aromatic rings. The van der Waals surface area contributed by atoms with Crippen LogP contribution in [-0.2, 0) is 10.0 Å². The zero-order chi connectivity index (χ0) is 16.0. The van der Waals surface area contributed by atoms with Crippen LogP contribution in [0.5, 0.6) is 0 Å². The van der Waals surface area contributed by atoms with Crippen LogP contribution in [0.15, 0.2) is 90.9 Å². The highest BCUT2D eigenvalue weighted by Gasteiger charge is 2.25. The molecule has 0 saturated heterocycles. The maximum absolute atomic E-state index is 12.6. The SMILES string of the molecule is C=CC(C=C)C(NS(=O)(=O)c1ccccc1)c1ccccc1. The van der Waals surface area contributed by atoms with E-state index in [1.54, 1.807) is 42.5 Å². The quantitative estimate of drug-likeness (QED) is 0.792. The summed E-state index contributed by atoms with van der Waals surface area (Å²) in [6, 6.07) is 17.3. The molecular formula is C18H19NO2S. The first kappa shape index (κ1) is 16.2. The van der Waals surface area contributed by atoms with Crippen LogP contribution >= 0.6 is 0 Å².